The highest BCUT2D eigenvalue weighted by molar-refractivity contribution is 5.99. The first-order chi connectivity index (χ1) is 26.9. The van der Waals surface area contributed by atoms with Crippen molar-refractivity contribution in [3.8, 4) is 6.07 Å². The van der Waals surface area contributed by atoms with Crippen LogP contribution in [0.3, 0.4) is 0 Å². The Hall–Kier alpha value is -3.91. The Morgan fingerprint density at radius 1 is 0.436 bits per heavy atom. The van der Waals surface area contributed by atoms with E-state index >= 15 is 0 Å². The highest BCUT2D eigenvalue weighted by atomic mass is 14.8. The summed E-state index contributed by atoms with van der Waals surface area (Å²) in [6.07, 6.45) is 19.0. The van der Waals surface area contributed by atoms with Crippen LogP contribution < -0.4 is 0 Å². The van der Waals surface area contributed by atoms with Gasteiger partial charge >= 0.3 is 0 Å². The normalized spacial score (nSPS) is 13.0. The highest BCUT2D eigenvalue weighted by Crippen LogP contribution is 2.44. The van der Waals surface area contributed by atoms with Gasteiger partial charge in [0.25, 0.3) is 0 Å². The average Bonchev–Trinajstić information content (AvgIpc) is 3.95. The van der Waals surface area contributed by atoms with Crippen LogP contribution in [0.4, 0.5) is 0 Å². The number of aryl methyl sites for hydroxylation is 6. The van der Waals surface area contributed by atoms with Gasteiger partial charge in [-0.25, -0.2) is 9.97 Å². The van der Waals surface area contributed by atoms with E-state index in [0.717, 1.165) is 95.6 Å². The van der Waals surface area contributed by atoms with Crippen LogP contribution in [0.2, 0.25) is 0 Å². The molecule has 0 spiro atoms. The van der Waals surface area contributed by atoms with E-state index in [0.29, 0.717) is 6.42 Å². The number of aromatic amines is 2. The second-order valence-corrected chi connectivity index (χ2v) is 15.6. The van der Waals surface area contributed by atoms with Gasteiger partial charge in [-0.2, -0.15) is 5.26 Å². The molecule has 3 aromatic heterocycles. The summed E-state index contributed by atoms with van der Waals surface area (Å²) in [6.45, 7) is 23.2. The molecule has 0 unspecified atom stereocenters. The van der Waals surface area contributed by atoms with Crippen molar-refractivity contribution in [2.45, 2.75) is 191 Å². The van der Waals surface area contributed by atoms with Gasteiger partial charge < -0.3 is 9.97 Å². The third kappa shape index (κ3) is 8.17. The number of rotatable bonds is 19. The second kappa shape index (κ2) is 19.8. The number of nitriles is 1. The Bertz CT molecular complexity index is 2110. The van der Waals surface area contributed by atoms with Gasteiger partial charge in [-0.1, -0.05) is 94.9 Å². The van der Waals surface area contributed by atoms with Gasteiger partial charge in [0.1, 0.15) is 0 Å². The zero-order valence-electron chi connectivity index (χ0n) is 36.4. The lowest BCUT2D eigenvalue weighted by Gasteiger charge is -2.12. The molecule has 0 amide bonds. The molecule has 0 radical (unpaired) electrons. The Morgan fingerprint density at radius 3 is 1.22 bits per heavy atom. The Balaban J connectivity index is 2.16. The Labute approximate surface area is 333 Å². The fourth-order valence-corrected chi connectivity index (χ4v) is 9.78. The number of nitrogens with zero attached hydrogens (tertiary/aromatic N) is 3. The number of fused-ring (bicyclic) bond motifs is 8. The Kier molecular flexibility index (Phi) is 15.2. The fraction of sp³-hybridized carbons (Fsp3) is 0.580. The van der Waals surface area contributed by atoms with Crippen LogP contribution in [0.15, 0.2) is 6.07 Å². The number of nitrogens with one attached hydrogen (secondary N) is 2. The molecule has 5 rings (SSSR count). The van der Waals surface area contributed by atoms with E-state index in [1.807, 2.05) is 0 Å². The van der Waals surface area contributed by atoms with Crippen LogP contribution in [0, 0.1) is 11.3 Å². The summed E-state index contributed by atoms with van der Waals surface area (Å²) in [5, 5.41) is 9.70. The summed E-state index contributed by atoms with van der Waals surface area (Å²) in [5.41, 5.74) is 25.1. The number of aromatic nitrogens is 4. The summed E-state index contributed by atoms with van der Waals surface area (Å²) in [6, 6.07) is 4.87. The number of allylic oxidation sites excluding steroid dienone is 4. The molecule has 0 fully saturated rings. The minimum atomic E-state index is 0.539. The predicted octanol–water partition coefficient (Wildman–Crippen LogP) is 14.3. The molecule has 8 bridgehead atoms. The minimum Gasteiger partial charge on any atom is -0.355 e. The maximum absolute atomic E-state index is 9.70. The zero-order chi connectivity index (χ0) is 39.6. The van der Waals surface area contributed by atoms with Crippen molar-refractivity contribution in [1.29, 1.82) is 5.26 Å². The van der Waals surface area contributed by atoms with Gasteiger partial charge in [0.15, 0.2) is 0 Å². The molecule has 2 aliphatic heterocycles. The van der Waals surface area contributed by atoms with E-state index in [1.165, 1.54) is 126 Å². The van der Waals surface area contributed by atoms with E-state index in [-0.39, 0.29) is 0 Å². The molecule has 3 aromatic rings. The van der Waals surface area contributed by atoms with Crippen molar-refractivity contribution in [2.75, 3.05) is 0 Å². The van der Waals surface area contributed by atoms with Gasteiger partial charge in [-0.15, -0.1) is 0 Å². The summed E-state index contributed by atoms with van der Waals surface area (Å²) in [7, 11) is 0. The van der Waals surface area contributed by atoms with Crippen molar-refractivity contribution in [1.82, 2.24) is 19.9 Å². The molecular formula is C50H71N5. The van der Waals surface area contributed by atoms with Crippen LogP contribution in [0.1, 0.15) is 208 Å². The average molecular weight is 742 g/mol. The van der Waals surface area contributed by atoms with E-state index in [9.17, 15) is 5.26 Å². The largest absolute Gasteiger partial charge is 0.355 e. The SMILES string of the molecule is CCCCCCc1c2nc(c(CCCC)c3nc(c(CCCC#N)c4[nH]c(cc5[nH]c1c(CC)c5CC)c(CC)c4CC)C(CC)=C3CC)C(CC)=C2CC. The molecule has 0 atom stereocenters. The molecule has 0 aliphatic carbocycles. The van der Waals surface area contributed by atoms with Crippen molar-refractivity contribution in [3.05, 3.63) is 67.8 Å². The van der Waals surface area contributed by atoms with Crippen molar-refractivity contribution in [3.63, 3.8) is 0 Å². The van der Waals surface area contributed by atoms with E-state index in [1.54, 1.807) is 0 Å². The van der Waals surface area contributed by atoms with Crippen LogP contribution >= 0.6 is 0 Å². The van der Waals surface area contributed by atoms with Crippen molar-refractivity contribution < 1.29 is 0 Å². The lowest BCUT2D eigenvalue weighted by Crippen LogP contribution is -2.00. The zero-order valence-corrected chi connectivity index (χ0v) is 36.4. The lowest BCUT2D eigenvalue weighted by atomic mass is 9.90. The molecule has 55 heavy (non-hydrogen) atoms. The monoisotopic (exact) mass is 742 g/mol. The minimum absolute atomic E-state index is 0.539. The van der Waals surface area contributed by atoms with Crippen LogP contribution in [0.25, 0.3) is 44.4 Å². The summed E-state index contributed by atoms with van der Waals surface area (Å²) < 4.78 is 0. The maximum atomic E-state index is 9.70. The predicted molar refractivity (Wildman–Crippen MR) is 238 cm³/mol. The number of unbranched alkanes of at least 4 members (excludes halogenated alkanes) is 5. The van der Waals surface area contributed by atoms with Crippen molar-refractivity contribution in [2.24, 2.45) is 0 Å². The molecule has 0 saturated heterocycles. The fourth-order valence-electron chi connectivity index (χ4n) is 9.78. The number of H-pyrrole nitrogens is 2. The molecule has 5 nitrogen and oxygen atoms in total. The highest BCUT2D eigenvalue weighted by Gasteiger charge is 2.30. The molecule has 2 N–H and O–H groups in total. The van der Waals surface area contributed by atoms with Crippen LogP contribution in [0.5, 0.6) is 0 Å². The number of hydrogen-bond acceptors (Lipinski definition) is 3. The Morgan fingerprint density at radius 2 is 0.836 bits per heavy atom. The van der Waals surface area contributed by atoms with Gasteiger partial charge in [0.05, 0.1) is 28.8 Å². The molecular weight excluding hydrogens is 671 g/mol. The molecule has 5 heteroatoms. The van der Waals surface area contributed by atoms with E-state index in [2.05, 4.69) is 91.3 Å². The van der Waals surface area contributed by atoms with Crippen LogP contribution in [-0.2, 0) is 44.9 Å². The maximum Gasteiger partial charge on any atom is 0.0726 e. The molecule has 0 saturated carbocycles. The first kappa shape index (κ1) is 42.2. The van der Waals surface area contributed by atoms with Crippen molar-refractivity contribution >= 4 is 44.4 Å². The van der Waals surface area contributed by atoms with Crippen LogP contribution in [-0.4, -0.2) is 19.9 Å². The van der Waals surface area contributed by atoms with Gasteiger partial charge in [0, 0.05) is 45.2 Å². The lowest BCUT2D eigenvalue weighted by molar-refractivity contribution is 0.666. The smallest absolute Gasteiger partial charge is 0.0726 e. The van der Waals surface area contributed by atoms with E-state index in [4.69, 9.17) is 9.97 Å². The quantitative estimate of drug-likeness (QED) is 0.120. The standard InChI is InChI=1S/C50H71N5/c1-11-21-23-24-28-41-45-34(15-5)32(13-3)43(52-45)31-44-33(14-4)35(16-6)46(53-44)42(29-25-26-30-51)50-39(20-10)37(18-8)48(55-50)40(27-22-12-2)47-36(17-7)38(19-9)49(41)54-47/h31,52-53H,11-29H2,1-10H3. The van der Waals surface area contributed by atoms with E-state index < -0.39 is 0 Å². The third-order valence-corrected chi connectivity index (χ3v) is 12.5. The first-order valence-electron chi connectivity index (χ1n) is 22.5. The second-order valence-electron chi connectivity index (χ2n) is 15.6. The summed E-state index contributed by atoms with van der Waals surface area (Å²) >= 11 is 0. The molecule has 5 heterocycles. The van der Waals surface area contributed by atoms with Gasteiger partial charge in [-0.3, -0.25) is 0 Å². The summed E-state index contributed by atoms with van der Waals surface area (Å²) in [5.74, 6) is 0. The molecule has 0 aromatic carbocycles. The summed E-state index contributed by atoms with van der Waals surface area (Å²) in [4.78, 5) is 19.9. The number of hydrogen-bond donors (Lipinski definition) is 2. The molecule has 2 aliphatic rings. The van der Waals surface area contributed by atoms with Gasteiger partial charge in [-0.05, 0) is 141 Å². The first-order valence-corrected chi connectivity index (χ1v) is 22.5. The molecule has 296 valence electrons. The van der Waals surface area contributed by atoms with Gasteiger partial charge in [0.2, 0.25) is 0 Å². The topological polar surface area (TPSA) is 81.2 Å². The third-order valence-electron chi connectivity index (χ3n) is 12.5.